The molecule has 0 aromatic carbocycles. The molecular weight excluding hydrogens is 428 g/mol. The molecule has 0 unspecified atom stereocenters. The van der Waals surface area contributed by atoms with E-state index >= 15 is 0 Å². The second-order valence-electron chi connectivity index (χ2n) is 8.70. The van der Waals surface area contributed by atoms with Crippen molar-refractivity contribution in [2.45, 2.75) is 65.0 Å². The monoisotopic (exact) mass is 460 g/mol. The van der Waals surface area contributed by atoms with Crippen molar-refractivity contribution in [1.29, 1.82) is 0 Å². The number of hydrogen-bond donors (Lipinski definition) is 1. The van der Waals surface area contributed by atoms with Gasteiger partial charge >= 0.3 is 0 Å². The number of aromatic nitrogens is 3. The molecule has 9 nitrogen and oxygen atoms in total. The smallest absolute Gasteiger partial charge is 0.273 e. The Kier molecular flexibility index (Phi) is 7.07. The van der Waals surface area contributed by atoms with E-state index in [1.165, 1.54) is 22.2 Å². The van der Waals surface area contributed by atoms with Crippen LogP contribution >= 0.6 is 11.3 Å². The summed E-state index contributed by atoms with van der Waals surface area (Å²) in [4.78, 5) is 50.7. The molecule has 1 aliphatic heterocycles. The molecule has 10 heteroatoms. The van der Waals surface area contributed by atoms with Crippen LogP contribution in [0.4, 0.5) is 5.13 Å². The van der Waals surface area contributed by atoms with Crippen LogP contribution in [0.5, 0.6) is 0 Å². The van der Waals surface area contributed by atoms with Crippen molar-refractivity contribution >= 4 is 38.6 Å². The first-order valence-corrected chi connectivity index (χ1v) is 12.5. The summed E-state index contributed by atoms with van der Waals surface area (Å²) >= 11 is 1.32. The van der Waals surface area contributed by atoms with Crippen molar-refractivity contribution in [3.05, 3.63) is 16.7 Å². The molecule has 2 aliphatic rings. The van der Waals surface area contributed by atoms with E-state index in [2.05, 4.69) is 27.1 Å². The summed E-state index contributed by atoms with van der Waals surface area (Å²) in [5.74, 6) is 0.156. The van der Waals surface area contributed by atoms with E-state index in [9.17, 15) is 14.4 Å². The number of carbonyl (C=O) groups excluding carboxylic acids is 2. The highest BCUT2D eigenvalue weighted by molar-refractivity contribution is 7.22. The van der Waals surface area contributed by atoms with Gasteiger partial charge in [-0.15, -0.1) is 0 Å². The van der Waals surface area contributed by atoms with Crippen LogP contribution in [-0.2, 0) is 16.1 Å². The Balaban J connectivity index is 1.42. The van der Waals surface area contributed by atoms with E-state index in [0.717, 1.165) is 56.7 Å². The maximum Gasteiger partial charge on any atom is 0.273 e. The number of amides is 2. The molecule has 0 bridgehead atoms. The van der Waals surface area contributed by atoms with E-state index < -0.39 is 0 Å². The average Bonchev–Trinajstić information content (AvgIpc) is 3.50. The predicted octanol–water partition coefficient (Wildman–Crippen LogP) is 2.00. The van der Waals surface area contributed by atoms with Gasteiger partial charge < -0.3 is 15.1 Å². The molecule has 32 heavy (non-hydrogen) atoms. The van der Waals surface area contributed by atoms with Crippen molar-refractivity contribution in [2.75, 3.05) is 31.1 Å². The minimum Gasteiger partial charge on any atom is -0.353 e. The number of anilines is 1. The highest BCUT2D eigenvalue weighted by Gasteiger charge is 2.30. The number of fused-ring (bicyclic) bond motifs is 1. The van der Waals surface area contributed by atoms with Gasteiger partial charge in [0.1, 0.15) is 17.6 Å². The molecule has 1 saturated heterocycles. The molecule has 1 saturated carbocycles. The maximum atomic E-state index is 13.0. The van der Waals surface area contributed by atoms with Crippen LogP contribution in [0, 0.1) is 5.92 Å². The second-order valence-corrected chi connectivity index (χ2v) is 9.68. The van der Waals surface area contributed by atoms with Crippen molar-refractivity contribution in [2.24, 2.45) is 5.92 Å². The van der Waals surface area contributed by atoms with Gasteiger partial charge in [0.2, 0.25) is 11.8 Å². The lowest BCUT2D eigenvalue weighted by Crippen LogP contribution is -2.41. The SMILES string of the molecule is CCCCN(CC)C(=O)Cn1cnc2nc(N3CCC(C(=O)NC4CC4)CC3)sc2c1=O. The summed E-state index contributed by atoms with van der Waals surface area (Å²) in [5.41, 5.74) is 0.197. The Morgan fingerprint density at radius 1 is 1.22 bits per heavy atom. The molecule has 0 spiro atoms. The van der Waals surface area contributed by atoms with E-state index in [1.807, 2.05) is 6.92 Å². The van der Waals surface area contributed by atoms with Crippen molar-refractivity contribution in [3.8, 4) is 0 Å². The van der Waals surface area contributed by atoms with Gasteiger partial charge in [-0.25, -0.2) is 4.98 Å². The summed E-state index contributed by atoms with van der Waals surface area (Å²) in [5, 5.41) is 3.85. The first-order chi connectivity index (χ1) is 15.5. The quantitative estimate of drug-likeness (QED) is 0.614. The van der Waals surface area contributed by atoms with E-state index in [1.54, 1.807) is 4.90 Å². The second kappa shape index (κ2) is 9.97. The first kappa shape index (κ1) is 22.7. The van der Waals surface area contributed by atoms with Gasteiger partial charge in [-0.2, -0.15) is 4.98 Å². The lowest BCUT2D eigenvalue weighted by atomic mass is 9.96. The summed E-state index contributed by atoms with van der Waals surface area (Å²) in [6.45, 7) is 6.84. The molecule has 2 amide bonds. The van der Waals surface area contributed by atoms with Crippen molar-refractivity contribution in [1.82, 2.24) is 24.8 Å². The number of carbonyl (C=O) groups is 2. The minimum absolute atomic E-state index is 0.00589. The number of hydrogen-bond acceptors (Lipinski definition) is 7. The third kappa shape index (κ3) is 5.11. The number of likely N-dealkylation sites (N-methyl/N-ethyl adjacent to an activating group) is 1. The molecule has 1 aliphatic carbocycles. The minimum atomic E-state index is -0.225. The molecule has 0 radical (unpaired) electrons. The Bertz CT molecular complexity index is 1020. The normalized spacial score (nSPS) is 17.0. The van der Waals surface area contributed by atoms with E-state index in [-0.39, 0.29) is 29.8 Å². The average molecular weight is 461 g/mol. The standard InChI is InChI=1S/C22H32N6O3S/c1-3-5-10-26(4-2)17(29)13-28-14-23-19-18(21(28)31)32-22(25-19)27-11-8-15(9-12-27)20(30)24-16-6-7-16/h14-16H,3-13H2,1-2H3,(H,24,30). The van der Waals surface area contributed by atoms with Crippen LogP contribution in [-0.4, -0.2) is 63.5 Å². The van der Waals surface area contributed by atoms with Gasteiger partial charge in [0, 0.05) is 38.1 Å². The zero-order valence-electron chi connectivity index (χ0n) is 18.9. The molecule has 174 valence electrons. The largest absolute Gasteiger partial charge is 0.353 e. The van der Waals surface area contributed by atoms with Crippen LogP contribution in [0.15, 0.2) is 11.1 Å². The molecule has 2 aromatic rings. The zero-order valence-corrected chi connectivity index (χ0v) is 19.7. The number of nitrogens with one attached hydrogen (secondary N) is 1. The number of piperidine rings is 1. The zero-order chi connectivity index (χ0) is 22.7. The lowest BCUT2D eigenvalue weighted by Gasteiger charge is -2.30. The fraction of sp³-hybridized carbons (Fsp3) is 0.682. The predicted molar refractivity (Wildman–Crippen MR) is 125 cm³/mol. The Labute approximate surface area is 191 Å². The Morgan fingerprint density at radius 2 is 1.97 bits per heavy atom. The van der Waals surface area contributed by atoms with Crippen LogP contribution in [0.1, 0.15) is 52.4 Å². The van der Waals surface area contributed by atoms with E-state index in [0.29, 0.717) is 29.5 Å². The summed E-state index contributed by atoms with van der Waals surface area (Å²) in [7, 11) is 0. The summed E-state index contributed by atoms with van der Waals surface area (Å²) in [6.07, 6.45) is 7.15. The fourth-order valence-electron chi connectivity index (χ4n) is 4.02. The Morgan fingerprint density at radius 3 is 2.62 bits per heavy atom. The van der Waals surface area contributed by atoms with Gasteiger partial charge in [-0.3, -0.25) is 19.0 Å². The lowest BCUT2D eigenvalue weighted by molar-refractivity contribution is -0.131. The summed E-state index contributed by atoms with van der Waals surface area (Å²) < 4.78 is 1.86. The topological polar surface area (TPSA) is 100 Å². The van der Waals surface area contributed by atoms with Crippen molar-refractivity contribution < 1.29 is 9.59 Å². The fourth-order valence-corrected chi connectivity index (χ4v) is 5.04. The van der Waals surface area contributed by atoms with Gasteiger partial charge in [-0.1, -0.05) is 24.7 Å². The van der Waals surface area contributed by atoms with Crippen LogP contribution in [0.2, 0.25) is 0 Å². The van der Waals surface area contributed by atoms with E-state index in [4.69, 9.17) is 0 Å². The number of thiazole rings is 1. The molecule has 1 N–H and O–H groups in total. The van der Waals surface area contributed by atoms with Crippen molar-refractivity contribution in [3.63, 3.8) is 0 Å². The number of unbranched alkanes of at least 4 members (excludes halogenated alkanes) is 1. The molecular formula is C22H32N6O3S. The van der Waals surface area contributed by atoms with Crippen LogP contribution < -0.4 is 15.8 Å². The van der Waals surface area contributed by atoms with Crippen LogP contribution in [0.25, 0.3) is 10.3 Å². The van der Waals surface area contributed by atoms with Gasteiger partial charge in [0.05, 0.1) is 0 Å². The molecule has 3 heterocycles. The highest BCUT2D eigenvalue weighted by Crippen LogP contribution is 2.30. The van der Waals surface area contributed by atoms with Gasteiger partial charge in [0.15, 0.2) is 10.8 Å². The molecule has 2 fully saturated rings. The van der Waals surface area contributed by atoms with Gasteiger partial charge in [-0.05, 0) is 39.0 Å². The third-order valence-corrected chi connectivity index (χ3v) is 7.35. The molecule has 4 rings (SSSR count). The summed E-state index contributed by atoms with van der Waals surface area (Å²) in [6, 6.07) is 0.390. The van der Waals surface area contributed by atoms with Crippen LogP contribution in [0.3, 0.4) is 0 Å². The highest BCUT2D eigenvalue weighted by atomic mass is 32.1. The number of nitrogens with zero attached hydrogens (tertiary/aromatic N) is 5. The maximum absolute atomic E-state index is 13.0. The molecule has 2 aromatic heterocycles. The number of rotatable bonds is 9. The van der Waals surface area contributed by atoms with Gasteiger partial charge in [0.25, 0.3) is 5.56 Å². The Hall–Kier alpha value is -2.49. The first-order valence-electron chi connectivity index (χ1n) is 11.7. The molecule has 0 atom stereocenters. The third-order valence-electron chi connectivity index (χ3n) is 6.25.